The van der Waals surface area contributed by atoms with E-state index in [1.165, 1.54) is 36.4 Å². The standard InChI is InChI=1S/C22H18F3N5O/c1-30(2)10-13-7-11(4-6-16(13)23)18-20(25)29-21(26)19(28-18)12-3-5-14-15(8-12)17(24)9-27-22(14)31/h3-9H,10H2,1-2H3,(H2,26,29)(H,27,31). The fraction of sp³-hybridized carbons (Fsp3) is 0.136. The number of benzene rings is 2. The van der Waals surface area contributed by atoms with Gasteiger partial charge in [0.25, 0.3) is 5.56 Å². The lowest BCUT2D eigenvalue weighted by Gasteiger charge is -2.13. The number of nitrogens with zero attached hydrogens (tertiary/aromatic N) is 3. The Labute approximate surface area is 175 Å². The highest BCUT2D eigenvalue weighted by Gasteiger charge is 2.18. The molecule has 2 aromatic carbocycles. The van der Waals surface area contributed by atoms with E-state index in [1.54, 1.807) is 19.0 Å². The summed E-state index contributed by atoms with van der Waals surface area (Å²) in [6.07, 6.45) is 0.963. The fourth-order valence-electron chi connectivity index (χ4n) is 3.38. The van der Waals surface area contributed by atoms with Gasteiger partial charge in [0, 0.05) is 40.2 Å². The number of rotatable bonds is 4. The molecule has 4 aromatic rings. The summed E-state index contributed by atoms with van der Waals surface area (Å²) in [6, 6.07) is 8.52. The quantitative estimate of drug-likeness (QED) is 0.521. The van der Waals surface area contributed by atoms with E-state index < -0.39 is 23.1 Å². The predicted molar refractivity (Wildman–Crippen MR) is 113 cm³/mol. The maximum Gasteiger partial charge on any atom is 0.256 e. The lowest BCUT2D eigenvalue weighted by atomic mass is 10.0. The number of H-pyrrole nitrogens is 1. The molecule has 4 rings (SSSR count). The topological polar surface area (TPSA) is 87.9 Å². The van der Waals surface area contributed by atoms with E-state index in [-0.39, 0.29) is 28.0 Å². The van der Waals surface area contributed by atoms with Crippen molar-refractivity contribution in [2.75, 3.05) is 19.8 Å². The summed E-state index contributed by atoms with van der Waals surface area (Å²) < 4.78 is 43.0. The van der Waals surface area contributed by atoms with Crippen LogP contribution < -0.4 is 11.3 Å². The van der Waals surface area contributed by atoms with Crippen LogP contribution in [0.5, 0.6) is 0 Å². The Kier molecular flexibility index (Phi) is 5.20. The molecule has 0 aliphatic heterocycles. The second-order valence-corrected chi connectivity index (χ2v) is 7.37. The predicted octanol–water partition coefficient (Wildman–Crippen LogP) is 3.71. The van der Waals surface area contributed by atoms with Gasteiger partial charge in [0.05, 0.1) is 0 Å². The number of halogens is 3. The van der Waals surface area contributed by atoms with Crippen LogP contribution in [0.4, 0.5) is 19.0 Å². The van der Waals surface area contributed by atoms with Gasteiger partial charge >= 0.3 is 0 Å². The van der Waals surface area contributed by atoms with Gasteiger partial charge in [-0.25, -0.2) is 13.8 Å². The van der Waals surface area contributed by atoms with E-state index in [0.717, 1.165) is 6.20 Å². The molecule has 3 N–H and O–H groups in total. The SMILES string of the molecule is CN(C)Cc1cc(-c2nc(-c3ccc4c(=O)[nH]cc(F)c4c3)c(N)nc2F)ccc1F. The van der Waals surface area contributed by atoms with E-state index in [4.69, 9.17) is 5.73 Å². The Morgan fingerprint density at radius 2 is 1.65 bits per heavy atom. The molecule has 9 heteroatoms. The van der Waals surface area contributed by atoms with Gasteiger partial charge < -0.3 is 15.6 Å². The summed E-state index contributed by atoms with van der Waals surface area (Å²) in [7, 11) is 3.58. The maximum absolute atomic E-state index is 14.6. The van der Waals surface area contributed by atoms with Crippen LogP contribution in [-0.2, 0) is 6.54 Å². The third kappa shape index (κ3) is 3.87. The Bertz CT molecular complexity index is 1370. The molecule has 0 spiro atoms. The molecule has 0 radical (unpaired) electrons. The highest BCUT2D eigenvalue weighted by molar-refractivity contribution is 5.88. The van der Waals surface area contributed by atoms with Crippen molar-refractivity contribution in [2.45, 2.75) is 6.54 Å². The summed E-state index contributed by atoms with van der Waals surface area (Å²) in [4.78, 5) is 24.1. The Morgan fingerprint density at radius 3 is 2.39 bits per heavy atom. The molecule has 0 fully saturated rings. The van der Waals surface area contributed by atoms with E-state index in [2.05, 4.69) is 15.0 Å². The van der Waals surface area contributed by atoms with Gasteiger partial charge in [-0.05, 0) is 44.4 Å². The second kappa shape index (κ2) is 7.84. The summed E-state index contributed by atoms with van der Waals surface area (Å²) in [5.74, 6) is -2.15. The molecular weight excluding hydrogens is 407 g/mol. The minimum absolute atomic E-state index is 0.0726. The van der Waals surface area contributed by atoms with Gasteiger partial charge in [-0.3, -0.25) is 4.79 Å². The second-order valence-electron chi connectivity index (χ2n) is 7.37. The lowest BCUT2D eigenvalue weighted by Crippen LogP contribution is -2.12. The number of pyridine rings is 1. The third-order valence-corrected chi connectivity index (χ3v) is 4.81. The molecule has 31 heavy (non-hydrogen) atoms. The first kappa shape index (κ1) is 20.5. The molecule has 0 unspecified atom stereocenters. The average molecular weight is 425 g/mol. The summed E-state index contributed by atoms with van der Waals surface area (Å²) in [6.45, 7) is 0.315. The zero-order valence-electron chi connectivity index (χ0n) is 16.7. The van der Waals surface area contributed by atoms with Crippen LogP contribution in [-0.4, -0.2) is 33.9 Å². The zero-order chi connectivity index (χ0) is 22.3. The number of nitrogens with two attached hydrogens (primary N) is 1. The van der Waals surface area contributed by atoms with Crippen molar-refractivity contribution < 1.29 is 13.2 Å². The smallest absolute Gasteiger partial charge is 0.256 e. The van der Waals surface area contributed by atoms with E-state index in [9.17, 15) is 18.0 Å². The largest absolute Gasteiger partial charge is 0.382 e. The van der Waals surface area contributed by atoms with Crippen molar-refractivity contribution in [2.24, 2.45) is 0 Å². The van der Waals surface area contributed by atoms with Crippen LogP contribution in [0.1, 0.15) is 5.56 Å². The van der Waals surface area contributed by atoms with Gasteiger partial charge in [0.2, 0.25) is 5.95 Å². The first-order valence-corrected chi connectivity index (χ1v) is 9.32. The number of fused-ring (bicyclic) bond motifs is 1. The van der Waals surface area contributed by atoms with Crippen molar-refractivity contribution >= 4 is 16.6 Å². The number of anilines is 1. The number of aromatic amines is 1. The first-order valence-electron chi connectivity index (χ1n) is 9.32. The molecule has 0 aliphatic carbocycles. The minimum atomic E-state index is -0.910. The van der Waals surface area contributed by atoms with Crippen LogP contribution in [0.25, 0.3) is 33.3 Å². The van der Waals surface area contributed by atoms with Crippen molar-refractivity contribution in [3.63, 3.8) is 0 Å². The summed E-state index contributed by atoms with van der Waals surface area (Å²) in [5.41, 5.74) is 6.51. The molecule has 0 saturated heterocycles. The van der Waals surface area contributed by atoms with Crippen molar-refractivity contribution in [3.05, 3.63) is 76.1 Å². The summed E-state index contributed by atoms with van der Waals surface area (Å²) in [5, 5.41) is 0.229. The highest BCUT2D eigenvalue weighted by Crippen LogP contribution is 2.31. The van der Waals surface area contributed by atoms with Gasteiger partial charge in [-0.15, -0.1) is 0 Å². The van der Waals surface area contributed by atoms with Crippen molar-refractivity contribution in [3.8, 4) is 22.5 Å². The minimum Gasteiger partial charge on any atom is -0.382 e. The number of nitrogen functional groups attached to an aromatic ring is 1. The van der Waals surface area contributed by atoms with Gasteiger partial charge in [0.15, 0.2) is 5.82 Å². The number of aromatic nitrogens is 3. The van der Waals surface area contributed by atoms with Crippen LogP contribution in [0, 0.1) is 17.6 Å². The first-order chi connectivity index (χ1) is 14.7. The molecular formula is C22H18F3N5O. The van der Waals surface area contributed by atoms with E-state index in [1.807, 2.05) is 0 Å². The zero-order valence-corrected chi connectivity index (χ0v) is 16.7. The molecule has 2 aromatic heterocycles. The van der Waals surface area contributed by atoms with Gasteiger partial charge in [-0.2, -0.15) is 9.37 Å². The third-order valence-electron chi connectivity index (χ3n) is 4.81. The Balaban J connectivity index is 1.87. The molecule has 0 bridgehead atoms. The number of nitrogens with one attached hydrogen (secondary N) is 1. The van der Waals surface area contributed by atoms with Gasteiger partial charge in [-0.1, -0.05) is 6.07 Å². The fourth-order valence-corrected chi connectivity index (χ4v) is 3.38. The molecule has 0 saturated carbocycles. The van der Waals surface area contributed by atoms with E-state index >= 15 is 0 Å². The monoisotopic (exact) mass is 425 g/mol. The molecule has 0 atom stereocenters. The molecule has 0 aliphatic rings. The summed E-state index contributed by atoms with van der Waals surface area (Å²) >= 11 is 0. The Morgan fingerprint density at radius 1 is 0.935 bits per heavy atom. The normalized spacial score (nSPS) is 11.4. The molecule has 158 valence electrons. The molecule has 0 amide bonds. The highest BCUT2D eigenvalue weighted by atomic mass is 19.1. The molecule has 2 heterocycles. The number of hydrogen-bond acceptors (Lipinski definition) is 5. The molecule has 6 nitrogen and oxygen atoms in total. The van der Waals surface area contributed by atoms with Crippen LogP contribution in [0.15, 0.2) is 47.4 Å². The average Bonchev–Trinajstić information content (AvgIpc) is 2.72. The van der Waals surface area contributed by atoms with Crippen LogP contribution in [0.3, 0.4) is 0 Å². The van der Waals surface area contributed by atoms with Gasteiger partial charge in [0.1, 0.15) is 23.0 Å². The van der Waals surface area contributed by atoms with Crippen molar-refractivity contribution in [1.82, 2.24) is 19.9 Å². The van der Waals surface area contributed by atoms with Crippen molar-refractivity contribution in [1.29, 1.82) is 0 Å². The number of hydrogen-bond donors (Lipinski definition) is 2. The Hall–Kier alpha value is -3.72. The van der Waals surface area contributed by atoms with Crippen LogP contribution in [0.2, 0.25) is 0 Å². The maximum atomic E-state index is 14.6. The lowest BCUT2D eigenvalue weighted by molar-refractivity contribution is 0.392. The van der Waals surface area contributed by atoms with E-state index in [0.29, 0.717) is 23.2 Å². The van der Waals surface area contributed by atoms with Crippen LogP contribution >= 0.6 is 0 Å².